The van der Waals surface area contributed by atoms with Crippen LogP contribution in [0.2, 0.25) is 0 Å². The summed E-state index contributed by atoms with van der Waals surface area (Å²) in [4.78, 5) is 12.0. The minimum absolute atomic E-state index is 0.0385. The Morgan fingerprint density at radius 2 is 2.17 bits per heavy atom. The number of rotatable bonds is 10. The van der Waals surface area contributed by atoms with Crippen LogP contribution in [-0.4, -0.2) is 27.9 Å². The number of aromatic nitrogens is 2. The smallest absolute Gasteiger partial charge is 0.230 e. The first-order valence-electron chi connectivity index (χ1n) is 8.05. The van der Waals surface area contributed by atoms with Gasteiger partial charge in [0.25, 0.3) is 0 Å². The lowest BCUT2D eigenvalue weighted by Crippen LogP contribution is -2.33. The third-order valence-electron chi connectivity index (χ3n) is 3.31. The average molecular weight is 369 g/mol. The Hall–Kier alpha value is -1.54. The molecule has 0 aliphatic rings. The van der Waals surface area contributed by atoms with Gasteiger partial charge in [0.15, 0.2) is 4.34 Å². The van der Waals surface area contributed by atoms with Gasteiger partial charge < -0.3 is 15.1 Å². The van der Waals surface area contributed by atoms with Gasteiger partial charge >= 0.3 is 0 Å². The Bertz CT molecular complexity index is 613. The molecule has 2 rings (SSSR count). The summed E-state index contributed by atoms with van der Waals surface area (Å²) in [5.41, 5.74) is 0. The lowest BCUT2D eigenvalue weighted by molar-refractivity contribution is -0.119. The first-order chi connectivity index (χ1) is 11.5. The molecule has 0 spiro atoms. The Kier molecular flexibility index (Phi) is 7.58. The van der Waals surface area contributed by atoms with Crippen molar-refractivity contribution in [2.24, 2.45) is 5.92 Å². The van der Waals surface area contributed by atoms with E-state index >= 15 is 0 Å². The molecule has 2 aromatic heterocycles. The number of carbonyl (C=O) groups is 1. The van der Waals surface area contributed by atoms with E-state index in [-0.39, 0.29) is 11.9 Å². The first-order valence-corrected chi connectivity index (χ1v) is 9.85. The summed E-state index contributed by atoms with van der Waals surface area (Å²) in [6, 6.07) is 3.95. The molecule has 0 saturated heterocycles. The number of nitrogens with zero attached hydrogens (tertiary/aromatic N) is 2. The van der Waals surface area contributed by atoms with Crippen LogP contribution in [0.25, 0.3) is 0 Å². The van der Waals surface area contributed by atoms with Crippen molar-refractivity contribution < 1.29 is 9.21 Å². The highest BCUT2D eigenvalue weighted by Gasteiger charge is 2.11. The summed E-state index contributed by atoms with van der Waals surface area (Å²) in [6.07, 6.45) is 3.77. The summed E-state index contributed by atoms with van der Waals surface area (Å²) >= 11 is 2.85. The number of furan rings is 1. The van der Waals surface area contributed by atoms with Crippen molar-refractivity contribution in [3.63, 3.8) is 0 Å². The van der Waals surface area contributed by atoms with Crippen LogP contribution in [0.4, 0.5) is 5.13 Å². The van der Waals surface area contributed by atoms with Crippen LogP contribution in [0.1, 0.15) is 39.4 Å². The summed E-state index contributed by atoms with van der Waals surface area (Å²) < 4.78 is 6.03. The molecule has 2 aromatic rings. The van der Waals surface area contributed by atoms with Crippen molar-refractivity contribution in [1.82, 2.24) is 15.5 Å². The van der Waals surface area contributed by atoms with E-state index in [9.17, 15) is 4.79 Å². The second-order valence-electron chi connectivity index (χ2n) is 6.03. The van der Waals surface area contributed by atoms with Crippen LogP contribution in [0.3, 0.4) is 0 Å². The molecule has 132 valence electrons. The van der Waals surface area contributed by atoms with Crippen LogP contribution in [0.15, 0.2) is 27.2 Å². The number of amides is 1. The Balaban J connectivity index is 1.67. The normalized spacial score (nSPS) is 12.3. The maximum atomic E-state index is 12.0. The van der Waals surface area contributed by atoms with E-state index in [1.54, 1.807) is 6.26 Å². The molecule has 2 heterocycles. The van der Waals surface area contributed by atoms with Gasteiger partial charge in [0.05, 0.1) is 18.6 Å². The van der Waals surface area contributed by atoms with Gasteiger partial charge in [0.1, 0.15) is 5.76 Å². The minimum atomic E-state index is 0.0385. The number of carbonyl (C=O) groups excluding carboxylic acids is 1. The largest absolute Gasteiger partial charge is 0.467 e. The van der Waals surface area contributed by atoms with Gasteiger partial charge in [-0.3, -0.25) is 4.79 Å². The zero-order valence-corrected chi connectivity index (χ0v) is 15.9. The standard InChI is InChI=1S/C16H24N4O2S2/c1-11(2)6-7-12(3)18-14(21)10-23-16-20-19-15(24-16)17-9-13-5-4-8-22-13/h4-5,8,11-12H,6-7,9-10H2,1-3H3,(H,17,19)(H,18,21)/t12-/m0/s1. The second-order valence-corrected chi connectivity index (χ2v) is 8.23. The van der Waals surface area contributed by atoms with E-state index in [0.29, 0.717) is 18.2 Å². The van der Waals surface area contributed by atoms with Crippen LogP contribution in [-0.2, 0) is 11.3 Å². The highest BCUT2D eigenvalue weighted by atomic mass is 32.2. The van der Waals surface area contributed by atoms with Gasteiger partial charge in [-0.25, -0.2) is 0 Å². The average Bonchev–Trinajstić information content (AvgIpc) is 3.20. The molecule has 0 aliphatic heterocycles. The number of thioether (sulfide) groups is 1. The van der Waals surface area contributed by atoms with Crippen molar-refractivity contribution in [2.75, 3.05) is 11.1 Å². The maximum absolute atomic E-state index is 12.0. The highest BCUT2D eigenvalue weighted by Crippen LogP contribution is 2.25. The van der Waals surface area contributed by atoms with Crippen molar-refractivity contribution >= 4 is 34.1 Å². The van der Waals surface area contributed by atoms with Gasteiger partial charge in [0.2, 0.25) is 11.0 Å². The predicted molar refractivity (Wildman–Crippen MR) is 98.3 cm³/mol. The Morgan fingerprint density at radius 1 is 1.33 bits per heavy atom. The van der Waals surface area contributed by atoms with Crippen molar-refractivity contribution in [1.29, 1.82) is 0 Å². The van der Waals surface area contributed by atoms with E-state index in [0.717, 1.165) is 28.1 Å². The fraction of sp³-hybridized carbons (Fsp3) is 0.562. The van der Waals surface area contributed by atoms with E-state index in [2.05, 4.69) is 34.7 Å². The Labute approximate surface area is 150 Å². The van der Waals surface area contributed by atoms with Gasteiger partial charge in [-0.2, -0.15) is 0 Å². The molecule has 0 aromatic carbocycles. The summed E-state index contributed by atoms with van der Waals surface area (Å²) in [7, 11) is 0. The number of hydrogen-bond acceptors (Lipinski definition) is 7. The van der Waals surface area contributed by atoms with E-state index < -0.39 is 0 Å². The molecule has 1 atom stereocenters. The predicted octanol–water partition coefficient (Wildman–Crippen LogP) is 3.78. The molecule has 1 amide bonds. The maximum Gasteiger partial charge on any atom is 0.230 e. The SMILES string of the molecule is CC(C)CC[C@H](C)NC(=O)CSc1nnc(NCc2ccco2)s1. The van der Waals surface area contributed by atoms with Crippen LogP contribution in [0.5, 0.6) is 0 Å². The molecule has 0 fully saturated rings. The highest BCUT2D eigenvalue weighted by molar-refractivity contribution is 8.01. The molecule has 0 aliphatic carbocycles. The zero-order chi connectivity index (χ0) is 17.4. The summed E-state index contributed by atoms with van der Waals surface area (Å²) in [5, 5.41) is 15.1. The van der Waals surface area contributed by atoms with Crippen molar-refractivity contribution in [3.05, 3.63) is 24.2 Å². The molecule has 0 saturated carbocycles. The number of nitrogens with one attached hydrogen (secondary N) is 2. The third-order valence-corrected chi connectivity index (χ3v) is 5.33. The molecular weight excluding hydrogens is 344 g/mol. The third kappa shape index (κ3) is 6.92. The molecule has 0 unspecified atom stereocenters. The topological polar surface area (TPSA) is 80.0 Å². The van der Waals surface area contributed by atoms with Gasteiger partial charge in [-0.1, -0.05) is 36.9 Å². The fourth-order valence-corrected chi connectivity index (χ4v) is 3.57. The van der Waals surface area contributed by atoms with Gasteiger partial charge in [-0.15, -0.1) is 10.2 Å². The number of hydrogen-bond donors (Lipinski definition) is 2. The van der Waals surface area contributed by atoms with Gasteiger partial charge in [0, 0.05) is 6.04 Å². The quantitative estimate of drug-likeness (QED) is 0.621. The monoisotopic (exact) mass is 368 g/mol. The van der Waals surface area contributed by atoms with E-state index in [4.69, 9.17) is 4.42 Å². The molecule has 6 nitrogen and oxygen atoms in total. The molecular formula is C16H24N4O2S2. The van der Waals surface area contributed by atoms with E-state index in [1.165, 1.54) is 23.1 Å². The number of anilines is 1. The molecule has 0 radical (unpaired) electrons. The molecule has 0 bridgehead atoms. The van der Waals surface area contributed by atoms with Gasteiger partial charge in [-0.05, 0) is 37.8 Å². The van der Waals surface area contributed by atoms with Crippen LogP contribution < -0.4 is 10.6 Å². The lowest BCUT2D eigenvalue weighted by atomic mass is 10.0. The van der Waals surface area contributed by atoms with Crippen molar-refractivity contribution in [3.8, 4) is 0 Å². The molecule has 24 heavy (non-hydrogen) atoms. The summed E-state index contributed by atoms with van der Waals surface area (Å²) in [6.45, 7) is 7.00. The Morgan fingerprint density at radius 3 is 2.88 bits per heavy atom. The second kappa shape index (κ2) is 9.68. The van der Waals surface area contributed by atoms with E-state index in [1.807, 2.05) is 19.1 Å². The first kappa shape index (κ1) is 18.8. The minimum Gasteiger partial charge on any atom is -0.467 e. The van der Waals surface area contributed by atoms with Crippen LogP contribution >= 0.6 is 23.1 Å². The lowest BCUT2D eigenvalue weighted by Gasteiger charge is -2.14. The fourth-order valence-electron chi connectivity index (χ4n) is 2.01. The van der Waals surface area contributed by atoms with Crippen molar-refractivity contribution in [2.45, 2.75) is 50.5 Å². The molecule has 8 heteroatoms. The van der Waals surface area contributed by atoms with Crippen LogP contribution in [0, 0.1) is 5.92 Å². The molecule has 2 N–H and O–H groups in total. The summed E-state index contributed by atoms with van der Waals surface area (Å²) in [5.74, 6) is 1.90. The zero-order valence-electron chi connectivity index (χ0n) is 14.2.